The van der Waals surface area contributed by atoms with Crippen LogP contribution in [0.5, 0.6) is 5.75 Å². The Labute approximate surface area is 194 Å². The number of amides is 1. The number of ether oxygens (including phenoxy) is 1. The maximum Gasteiger partial charge on any atom is 0.238 e. The van der Waals surface area contributed by atoms with Crippen LogP contribution in [0.15, 0.2) is 77.3 Å². The number of para-hydroxylation sites is 2. The van der Waals surface area contributed by atoms with Gasteiger partial charge >= 0.3 is 0 Å². The molecule has 0 radical (unpaired) electrons. The number of hydrogen-bond acceptors (Lipinski definition) is 6. The average Bonchev–Trinajstić information content (AvgIpc) is 3.47. The summed E-state index contributed by atoms with van der Waals surface area (Å²) in [6, 6.07) is 21.7. The average molecular weight is 463 g/mol. The van der Waals surface area contributed by atoms with Crippen molar-refractivity contribution >= 4 is 34.7 Å². The van der Waals surface area contributed by atoms with E-state index in [4.69, 9.17) is 4.74 Å². The van der Waals surface area contributed by atoms with Crippen LogP contribution in [0.2, 0.25) is 0 Å². The van der Waals surface area contributed by atoms with Crippen molar-refractivity contribution in [1.82, 2.24) is 14.8 Å². The number of thiophene rings is 1. The monoisotopic (exact) mass is 462 g/mol. The first-order chi connectivity index (χ1) is 15.7. The fourth-order valence-corrected chi connectivity index (χ4v) is 5.30. The van der Waals surface area contributed by atoms with E-state index >= 15 is 0 Å². The summed E-state index contributed by atoms with van der Waals surface area (Å²) < 4.78 is 7.95. The SMILES string of the molecule is Cn1c(Cc2cccs2)nnc1SCC(=O)N1c2ccccc2OC[C@@H]1c1ccccc1. The van der Waals surface area contributed by atoms with E-state index in [-0.39, 0.29) is 17.7 Å². The summed E-state index contributed by atoms with van der Waals surface area (Å²) in [6.45, 7) is 0.423. The van der Waals surface area contributed by atoms with Crippen molar-refractivity contribution in [3.8, 4) is 5.75 Å². The molecular weight excluding hydrogens is 440 g/mol. The number of anilines is 1. The molecule has 1 aliphatic heterocycles. The Hall–Kier alpha value is -3.10. The van der Waals surface area contributed by atoms with Crippen molar-refractivity contribution in [3.05, 3.63) is 88.4 Å². The number of carbonyl (C=O) groups is 1. The first kappa shape index (κ1) is 20.8. The Balaban J connectivity index is 1.36. The number of nitrogens with zero attached hydrogens (tertiary/aromatic N) is 4. The molecule has 0 bridgehead atoms. The molecule has 6 nitrogen and oxygen atoms in total. The van der Waals surface area contributed by atoms with Crippen LogP contribution in [0.25, 0.3) is 0 Å². The minimum Gasteiger partial charge on any atom is -0.489 e. The van der Waals surface area contributed by atoms with E-state index in [0.717, 1.165) is 34.4 Å². The molecule has 0 saturated heterocycles. The van der Waals surface area contributed by atoms with Crippen molar-refractivity contribution < 1.29 is 9.53 Å². The zero-order valence-corrected chi connectivity index (χ0v) is 19.2. The van der Waals surface area contributed by atoms with Crippen molar-refractivity contribution in [2.45, 2.75) is 17.6 Å². The topological polar surface area (TPSA) is 60.2 Å². The fraction of sp³-hybridized carbons (Fsp3) is 0.208. The normalized spacial score (nSPS) is 15.3. The summed E-state index contributed by atoms with van der Waals surface area (Å²) >= 11 is 3.12. The number of rotatable bonds is 6. The number of aromatic nitrogens is 3. The molecule has 5 rings (SSSR count). The Bertz CT molecular complexity index is 1210. The van der Waals surface area contributed by atoms with Gasteiger partial charge in [0, 0.05) is 18.3 Å². The lowest BCUT2D eigenvalue weighted by Gasteiger charge is -2.37. The third kappa shape index (κ3) is 4.16. The lowest BCUT2D eigenvalue weighted by molar-refractivity contribution is -0.117. The van der Waals surface area contributed by atoms with Crippen LogP contribution in [0, 0.1) is 0 Å². The van der Waals surface area contributed by atoms with Gasteiger partial charge in [0.25, 0.3) is 0 Å². The van der Waals surface area contributed by atoms with E-state index < -0.39 is 0 Å². The van der Waals surface area contributed by atoms with Gasteiger partial charge in [-0.1, -0.05) is 60.3 Å². The van der Waals surface area contributed by atoms with Gasteiger partial charge in [-0.3, -0.25) is 9.69 Å². The third-order valence-electron chi connectivity index (χ3n) is 5.45. The van der Waals surface area contributed by atoms with Crippen molar-refractivity contribution in [3.63, 3.8) is 0 Å². The van der Waals surface area contributed by atoms with Gasteiger partial charge in [0.15, 0.2) is 5.16 Å². The molecule has 1 amide bonds. The highest BCUT2D eigenvalue weighted by Crippen LogP contribution is 2.39. The number of benzene rings is 2. The number of thioether (sulfide) groups is 1. The van der Waals surface area contributed by atoms with Crippen LogP contribution in [-0.2, 0) is 18.3 Å². The predicted octanol–water partition coefficient (Wildman–Crippen LogP) is 4.73. The predicted molar refractivity (Wildman–Crippen MR) is 127 cm³/mol. The Morgan fingerprint density at radius 3 is 2.72 bits per heavy atom. The second kappa shape index (κ2) is 9.18. The lowest BCUT2D eigenvalue weighted by Crippen LogP contribution is -2.42. The Kier molecular flexibility index (Phi) is 5.96. The Morgan fingerprint density at radius 1 is 1.09 bits per heavy atom. The van der Waals surface area contributed by atoms with Crippen LogP contribution < -0.4 is 9.64 Å². The quantitative estimate of drug-likeness (QED) is 0.388. The molecular formula is C24H22N4O2S2. The maximum atomic E-state index is 13.5. The third-order valence-corrected chi connectivity index (χ3v) is 7.33. The van der Waals surface area contributed by atoms with Crippen LogP contribution in [0.4, 0.5) is 5.69 Å². The van der Waals surface area contributed by atoms with Gasteiger partial charge in [-0.05, 0) is 29.1 Å². The molecule has 162 valence electrons. The van der Waals surface area contributed by atoms with Crippen LogP contribution in [0.3, 0.4) is 0 Å². The first-order valence-electron chi connectivity index (χ1n) is 10.3. The summed E-state index contributed by atoms with van der Waals surface area (Å²) in [5, 5.41) is 11.5. The molecule has 4 aromatic rings. The zero-order valence-electron chi connectivity index (χ0n) is 17.5. The van der Waals surface area contributed by atoms with Gasteiger partial charge in [-0.2, -0.15) is 0 Å². The summed E-state index contributed by atoms with van der Waals surface area (Å²) in [6.07, 6.45) is 0.739. The van der Waals surface area contributed by atoms with Gasteiger partial charge in [-0.25, -0.2) is 0 Å². The molecule has 0 aliphatic carbocycles. The van der Waals surface area contributed by atoms with Gasteiger partial charge < -0.3 is 9.30 Å². The smallest absolute Gasteiger partial charge is 0.238 e. The largest absolute Gasteiger partial charge is 0.489 e. The molecule has 8 heteroatoms. The van der Waals surface area contributed by atoms with Crippen LogP contribution in [-0.4, -0.2) is 33.0 Å². The Morgan fingerprint density at radius 2 is 1.91 bits per heavy atom. The highest BCUT2D eigenvalue weighted by molar-refractivity contribution is 7.99. The van der Waals surface area contributed by atoms with Crippen LogP contribution in [0.1, 0.15) is 22.3 Å². The van der Waals surface area contributed by atoms with Gasteiger partial charge in [0.1, 0.15) is 18.2 Å². The second-order valence-corrected chi connectivity index (χ2v) is 9.45. The summed E-state index contributed by atoms with van der Waals surface area (Å²) in [5.41, 5.74) is 1.85. The molecule has 0 saturated carbocycles. The molecule has 0 unspecified atom stereocenters. The molecule has 2 aromatic carbocycles. The van der Waals surface area contributed by atoms with Gasteiger partial charge in [-0.15, -0.1) is 21.5 Å². The maximum absolute atomic E-state index is 13.5. The van der Waals surface area contributed by atoms with Crippen molar-refractivity contribution in [2.24, 2.45) is 7.05 Å². The van der Waals surface area contributed by atoms with E-state index in [1.165, 1.54) is 16.6 Å². The van der Waals surface area contributed by atoms with E-state index in [2.05, 4.69) is 21.6 Å². The highest BCUT2D eigenvalue weighted by Gasteiger charge is 2.33. The van der Waals surface area contributed by atoms with Crippen molar-refractivity contribution in [2.75, 3.05) is 17.3 Å². The fourth-order valence-electron chi connectivity index (χ4n) is 3.81. The summed E-state index contributed by atoms with van der Waals surface area (Å²) in [5.74, 6) is 1.90. The van der Waals surface area contributed by atoms with Gasteiger partial charge in [0.2, 0.25) is 5.91 Å². The van der Waals surface area contributed by atoms with Crippen molar-refractivity contribution in [1.29, 1.82) is 0 Å². The zero-order chi connectivity index (χ0) is 21.9. The van der Waals surface area contributed by atoms with E-state index in [1.807, 2.05) is 77.2 Å². The molecule has 3 heterocycles. The molecule has 0 fully saturated rings. The molecule has 2 aromatic heterocycles. The number of carbonyl (C=O) groups excluding carboxylic acids is 1. The molecule has 0 spiro atoms. The van der Waals surface area contributed by atoms with Crippen LogP contribution >= 0.6 is 23.1 Å². The number of hydrogen-bond donors (Lipinski definition) is 0. The summed E-state index contributed by atoms with van der Waals surface area (Å²) in [7, 11) is 1.95. The molecule has 32 heavy (non-hydrogen) atoms. The van der Waals surface area contributed by atoms with E-state index in [0.29, 0.717) is 6.61 Å². The first-order valence-corrected chi connectivity index (χ1v) is 12.2. The second-order valence-electron chi connectivity index (χ2n) is 7.47. The van der Waals surface area contributed by atoms with E-state index in [9.17, 15) is 4.79 Å². The molecule has 1 aliphatic rings. The number of fused-ring (bicyclic) bond motifs is 1. The lowest BCUT2D eigenvalue weighted by atomic mass is 10.0. The molecule has 1 atom stereocenters. The van der Waals surface area contributed by atoms with Gasteiger partial charge in [0.05, 0.1) is 17.5 Å². The van der Waals surface area contributed by atoms with E-state index in [1.54, 1.807) is 11.3 Å². The summed E-state index contributed by atoms with van der Waals surface area (Å²) in [4.78, 5) is 16.6. The standard InChI is InChI=1S/C24H22N4O2S2/c1-27-22(14-18-10-7-13-31-18)25-26-24(27)32-16-23(29)28-19-11-5-6-12-21(19)30-15-20(28)17-8-3-2-4-9-17/h2-13,20H,14-16H2,1H3/t20-/m1/s1. The minimum absolute atomic E-state index is 0.0161. The molecule has 0 N–H and O–H groups in total. The minimum atomic E-state index is -0.173. The highest BCUT2D eigenvalue weighted by atomic mass is 32.2.